The number of ether oxygens (including phenoxy) is 1. The molecule has 0 aromatic rings. The van der Waals surface area contributed by atoms with E-state index in [1.807, 2.05) is 0 Å². The van der Waals surface area contributed by atoms with Crippen LogP contribution in [0.5, 0.6) is 0 Å². The second-order valence-corrected chi connectivity index (χ2v) is 7.23. The van der Waals surface area contributed by atoms with Gasteiger partial charge in [0.25, 0.3) is 0 Å². The average molecular weight is 434 g/mol. The standard InChI is InChI=1S/C6H13NO3.C4H5ClO4.C4H3ClO3/c1-7(2,3)4-5(8)6(9)10;5-2(4(8)9)1-3(6)7;5-2-1-3(6)8-4(2)7/h5,8H,4H2,1-3H3;2H,1H2,(H,6,7)(H,8,9);2H,1H2/t5-;2*2-/m000/s1. The number of aliphatic hydroxyl groups is 1. The van der Waals surface area contributed by atoms with E-state index in [9.17, 15) is 29.1 Å². The number of carboxylic acids is 3. The molecule has 27 heavy (non-hydrogen) atoms. The van der Waals surface area contributed by atoms with E-state index in [0.717, 1.165) is 0 Å². The predicted molar refractivity (Wildman–Crippen MR) is 88.8 cm³/mol. The highest BCUT2D eigenvalue weighted by Crippen LogP contribution is 2.13. The van der Waals surface area contributed by atoms with E-state index in [0.29, 0.717) is 4.48 Å². The maximum absolute atomic E-state index is 10.2. The number of quaternary nitrogens is 1. The molecule has 3 atom stereocenters. The summed E-state index contributed by atoms with van der Waals surface area (Å²) in [7, 11) is 5.39. The van der Waals surface area contributed by atoms with E-state index in [1.165, 1.54) is 0 Å². The van der Waals surface area contributed by atoms with E-state index >= 15 is 0 Å². The maximum atomic E-state index is 10.2. The quantitative estimate of drug-likeness (QED) is 0.184. The number of cyclic esters (lactones) is 2. The number of aliphatic carboxylic acids is 3. The third-order valence-electron chi connectivity index (χ3n) is 2.43. The molecular weight excluding hydrogens is 413 g/mol. The smallest absolute Gasteiger partial charge is 0.332 e. The van der Waals surface area contributed by atoms with Gasteiger partial charge in [-0.3, -0.25) is 14.4 Å². The summed E-state index contributed by atoms with van der Waals surface area (Å²) in [4.78, 5) is 50.0. The van der Waals surface area contributed by atoms with Crippen LogP contribution in [0.15, 0.2) is 0 Å². The second kappa shape index (κ2) is 12.4. The number of esters is 2. The van der Waals surface area contributed by atoms with Crippen LogP contribution in [0.25, 0.3) is 0 Å². The van der Waals surface area contributed by atoms with E-state index in [1.54, 1.807) is 21.1 Å². The van der Waals surface area contributed by atoms with Crippen LogP contribution in [-0.2, 0) is 28.7 Å². The van der Waals surface area contributed by atoms with Crippen LogP contribution in [0, 0.1) is 0 Å². The largest absolute Gasteiger partial charge is 0.547 e. The Morgan fingerprint density at radius 1 is 1.26 bits per heavy atom. The minimum absolute atomic E-state index is 0.0143. The van der Waals surface area contributed by atoms with Crippen LogP contribution in [0.3, 0.4) is 0 Å². The molecule has 0 unspecified atom stereocenters. The highest BCUT2D eigenvalue weighted by molar-refractivity contribution is 6.33. The Morgan fingerprint density at radius 3 is 1.85 bits per heavy atom. The topological polar surface area (TPSA) is 178 Å². The van der Waals surface area contributed by atoms with Crippen LogP contribution in [0.2, 0.25) is 0 Å². The summed E-state index contributed by atoms with van der Waals surface area (Å²) in [6, 6.07) is 0. The molecule has 1 rings (SSSR count). The molecule has 1 aliphatic rings. The number of carboxylic acid groups (broad SMARTS) is 3. The lowest BCUT2D eigenvalue weighted by atomic mass is 10.3. The van der Waals surface area contributed by atoms with Crippen molar-refractivity contribution in [2.24, 2.45) is 0 Å². The zero-order chi connectivity index (χ0) is 21.9. The third-order valence-corrected chi connectivity index (χ3v) is 3.10. The molecule has 0 aromatic carbocycles. The van der Waals surface area contributed by atoms with Gasteiger partial charge in [0.05, 0.1) is 40.0 Å². The molecular formula is C14H21Cl2NO10. The summed E-state index contributed by atoms with van der Waals surface area (Å²) in [5.74, 6) is -5.09. The Kier molecular flexibility index (Phi) is 12.6. The van der Waals surface area contributed by atoms with Gasteiger partial charge in [-0.2, -0.15) is 0 Å². The first-order chi connectivity index (χ1) is 12.1. The lowest BCUT2D eigenvalue weighted by Gasteiger charge is -2.26. The van der Waals surface area contributed by atoms with Crippen molar-refractivity contribution in [1.82, 2.24) is 0 Å². The van der Waals surface area contributed by atoms with Gasteiger partial charge in [0, 0.05) is 0 Å². The van der Waals surface area contributed by atoms with Crippen molar-refractivity contribution in [3.8, 4) is 0 Å². The molecule has 0 amide bonds. The number of aliphatic hydroxyl groups excluding tert-OH is 1. The Labute approximate surface area is 164 Å². The molecule has 1 heterocycles. The number of carbonyl (C=O) groups excluding carboxylic acids is 3. The van der Waals surface area contributed by atoms with Crippen LogP contribution in [-0.4, -0.2) is 94.2 Å². The molecule has 0 aliphatic carbocycles. The number of rotatable bonds is 6. The van der Waals surface area contributed by atoms with Crippen molar-refractivity contribution in [2.45, 2.75) is 29.7 Å². The lowest BCUT2D eigenvalue weighted by molar-refractivity contribution is -0.872. The zero-order valence-corrected chi connectivity index (χ0v) is 16.3. The average Bonchev–Trinajstić information content (AvgIpc) is 2.74. The Morgan fingerprint density at radius 2 is 1.74 bits per heavy atom. The number of hydrogen-bond acceptors (Lipinski definition) is 8. The van der Waals surface area contributed by atoms with Crippen molar-refractivity contribution < 1.29 is 53.6 Å². The number of likely N-dealkylation sites (N-methyl/N-ethyl adjacent to an activating group) is 1. The third kappa shape index (κ3) is 16.0. The first kappa shape index (κ1) is 27.3. The van der Waals surface area contributed by atoms with Gasteiger partial charge in [-0.15, -0.1) is 23.2 Å². The molecule has 0 spiro atoms. The van der Waals surface area contributed by atoms with Gasteiger partial charge in [0.1, 0.15) is 23.4 Å². The van der Waals surface area contributed by atoms with Crippen molar-refractivity contribution >= 4 is 53.0 Å². The molecule has 1 aliphatic heterocycles. The highest BCUT2D eigenvalue weighted by atomic mass is 35.5. The van der Waals surface area contributed by atoms with Gasteiger partial charge in [-0.25, -0.2) is 4.79 Å². The lowest BCUT2D eigenvalue weighted by Crippen LogP contribution is -2.48. The molecule has 0 saturated carbocycles. The number of hydrogen-bond donors (Lipinski definition) is 3. The Balaban J connectivity index is 0. The normalized spacial score (nSPS) is 18.1. The maximum Gasteiger partial charge on any atom is 0.332 e. The fraction of sp³-hybridized carbons (Fsp3) is 0.643. The molecule has 156 valence electrons. The number of alkyl halides is 2. The summed E-state index contributed by atoms with van der Waals surface area (Å²) in [5, 5.41) is 32.7. The molecule has 0 radical (unpaired) electrons. The number of carbonyl (C=O) groups is 5. The SMILES string of the molecule is C[N+](C)(C)C[C@H](O)C(=O)[O-].O=C(O)C[C@H](Cl)C(=O)O.O=C1C[C@H](Cl)C(=O)O1. The fourth-order valence-electron chi connectivity index (χ4n) is 1.28. The van der Waals surface area contributed by atoms with Crippen LogP contribution >= 0.6 is 23.2 Å². The molecule has 1 fully saturated rings. The molecule has 0 aromatic heterocycles. The molecule has 1 saturated heterocycles. The van der Waals surface area contributed by atoms with Crippen molar-refractivity contribution in [3.63, 3.8) is 0 Å². The molecule has 11 nitrogen and oxygen atoms in total. The van der Waals surface area contributed by atoms with Crippen LogP contribution in [0.4, 0.5) is 0 Å². The zero-order valence-electron chi connectivity index (χ0n) is 14.8. The summed E-state index contributed by atoms with van der Waals surface area (Å²) in [6.45, 7) is 0.169. The van der Waals surface area contributed by atoms with Gasteiger partial charge in [-0.05, 0) is 0 Å². The minimum atomic E-state index is -1.41. The van der Waals surface area contributed by atoms with Gasteiger partial charge >= 0.3 is 23.9 Å². The molecule has 13 heteroatoms. The summed E-state index contributed by atoms with van der Waals surface area (Å²) >= 11 is 10.3. The summed E-state index contributed by atoms with van der Waals surface area (Å²) in [5.41, 5.74) is 0. The summed E-state index contributed by atoms with van der Waals surface area (Å²) in [6.07, 6.45) is -1.89. The summed E-state index contributed by atoms with van der Waals surface area (Å²) < 4.78 is 4.48. The minimum Gasteiger partial charge on any atom is -0.547 e. The van der Waals surface area contributed by atoms with Crippen LogP contribution < -0.4 is 5.11 Å². The van der Waals surface area contributed by atoms with Crippen molar-refractivity contribution in [2.75, 3.05) is 27.7 Å². The van der Waals surface area contributed by atoms with E-state index < -0.39 is 53.1 Å². The van der Waals surface area contributed by atoms with Gasteiger partial charge in [-0.1, -0.05) is 0 Å². The molecule has 3 N–H and O–H groups in total. The van der Waals surface area contributed by atoms with E-state index in [-0.39, 0.29) is 13.0 Å². The highest BCUT2D eigenvalue weighted by Gasteiger charge is 2.31. The van der Waals surface area contributed by atoms with Crippen LogP contribution in [0.1, 0.15) is 12.8 Å². The van der Waals surface area contributed by atoms with Crippen molar-refractivity contribution in [3.05, 3.63) is 0 Å². The van der Waals surface area contributed by atoms with Gasteiger partial charge in [0.2, 0.25) is 0 Å². The Bertz CT molecular complexity index is 561. The van der Waals surface area contributed by atoms with E-state index in [2.05, 4.69) is 4.74 Å². The van der Waals surface area contributed by atoms with Crippen molar-refractivity contribution in [1.29, 1.82) is 0 Å². The predicted octanol–water partition coefficient (Wildman–Crippen LogP) is -1.98. The molecule has 0 bridgehead atoms. The Hall–Kier alpha value is -1.95. The first-order valence-electron chi connectivity index (χ1n) is 7.23. The van der Waals surface area contributed by atoms with E-state index in [4.69, 9.17) is 38.5 Å². The number of halogens is 2. The second-order valence-electron chi connectivity index (χ2n) is 6.18. The monoisotopic (exact) mass is 433 g/mol. The van der Waals surface area contributed by atoms with Gasteiger partial charge < -0.3 is 34.4 Å². The number of nitrogens with zero attached hydrogens (tertiary/aromatic N) is 1. The fourth-order valence-corrected chi connectivity index (χ4v) is 1.58. The van der Waals surface area contributed by atoms with Gasteiger partial charge in [0.15, 0.2) is 0 Å². The first-order valence-corrected chi connectivity index (χ1v) is 8.10.